The van der Waals surface area contributed by atoms with Crippen molar-refractivity contribution in [2.45, 2.75) is 50.4 Å². The number of hydrogen-bond donors (Lipinski definition) is 6. The van der Waals surface area contributed by atoms with Gasteiger partial charge in [-0.05, 0) is 70.9 Å². The number of allylic oxidation sites excluding steroid dienone is 1. The third kappa shape index (κ3) is 4.15. The molecule has 11 nitrogen and oxygen atoms in total. The van der Waals surface area contributed by atoms with Crippen molar-refractivity contribution in [3.63, 3.8) is 0 Å². The summed E-state index contributed by atoms with van der Waals surface area (Å²) in [7, 11) is 4.93. The van der Waals surface area contributed by atoms with Gasteiger partial charge in [-0.25, -0.2) is 0 Å². The number of primary amides is 1. The van der Waals surface area contributed by atoms with Crippen LogP contribution >= 0.6 is 11.6 Å². The number of aromatic hydroxyl groups is 1. The van der Waals surface area contributed by atoms with Crippen LogP contribution in [0.2, 0.25) is 5.02 Å². The maximum atomic E-state index is 13.7. The minimum atomic E-state index is -2.69. The molecule has 4 rings (SSSR count). The van der Waals surface area contributed by atoms with E-state index in [4.69, 9.17) is 17.3 Å². The Morgan fingerprint density at radius 3 is 2.36 bits per heavy atom. The predicted molar refractivity (Wildman–Crippen MR) is 141 cm³/mol. The number of aliphatic hydroxyl groups excluding tert-OH is 3. The van der Waals surface area contributed by atoms with Crippen LogP contribution < -0.4 is 5.73 Å². The summed E-state index contributed by atoms with van der Waals surface area (Å²) in [6, 6.07) is 0.279. The monoisotopic (exact) mass is 563 g/mol. The number of fused-ring (bicyclic) bond motifs is 3. The van der Waals surface area contributed by atoms with E-state index in [2.05, 4.69) is 0 Å². The van der Waals surface area contributed by atoms with Crippen molar-refractivity contribution in [2.24, 2.45) is 17.6 Å². The lowest BCUT2D eigenvalue weighted by Crippen LogP contribution is -2.63. The first-order chi connectivity index (χ1) is 18.0. The lowest BCUT2D eigenvalue weighted by atomic mass is 9.58. The predicted octanol–water partition coefficient (Wildman–Crippen LogP) is 0.977. The molecule has 0 aliphatic heterocycles. The molecule has 0 fully saturated rings. The molecule has 39 heavy (non-hydrogen) atoms. The number of aliphatic hydroxyl groups is 4. The first kappa shape index (κ1) is 29.0. The summed E-state index contributed by atoms with van der Waals surface area (Å²) in [5.74, 6) is -7.12. The molecule has 4 atom stereocenters. The van der Waals surface area contributed by atoms with Crippen LogP contribution in [0.15, 0.2) is 28.7 Å². The Morgan fingerprint density at radius 2 is 1.82 bits per heavy atom. The Labute approximate surface area is 230 Å². The fourth-order valence-electron chi connectivity index (χ4n) is 6.06. The highest BCUT2D eigenvalue weighted by molar-refractivity contribution is 6.33. The quantitative estimate of drug-likeness (QED) is 0.272. The number of ketones is 2. The zero-order valence-electron chi connectivity index (χ0n) is 22.4. The highest BCUT2D eigenvalue weighted by atomic mass is 35.5. The van der Waals surface area contributed by atoms with E-state index in [-0.39, 0.29) is 47.9 Å². The van der Waals surface area contributed by atoms with Crippen molar-refractivity contribution in [2.75, 3.05) is 27.7 Å². The van der Waals surface area contributed by atoms with Crippen LogP contribution in [-0.4, -0.2) is 97.7 Å². The zero-order valence-corrected chi connectivity index (χ0v) is 23.2. The van der Waals surface area contributed by atoms with Gasteiger partial charge < -0.3 is 31.3 Å². The van der Waals surface area contributed by atoms with Gasteiger partial charge in [0.1, 0.15) is 22.8 Å². The van der Waals surface area contributed by atoms with Crippen molar-refractivity contribution in [1.29, 1.82) is 0 Å². The Hall–Kier alpha value is -2.96. The molecule has 1 amide bonds. The SMILES string of the molecule is CN(C)[C@@H]1C(O)=C(C(N)=O)C(=O)C2(O)C(O)=C3C(=O)c4c(O)cc(CN(C)C(C)(C)CO)c(Cl)c4C[C@H]3C[C@@H]12. The summed E-state index contributed by atoms with van der Waals surface area (Å²) in [4.78, 5) is 42.5. The summed E-state index contributed by atoms with van der Waals surface area (Å²) in [6.07, 6.45) is 0.0758. The first-order valence-corrected chi connectivity index (χ1v) is 12.9. The number of nitrogens with zero attached hydrogens (tertiary/aromatic N) is 2. The highest BCUT2D eigenvalue weighted by Gasteiger charge is 2.63. The molecule has 0 radical (unpaired) electrons. The summed E-state index contributed by atoms with van der Waals surface area (Å²) in [6.45, 7) is 3.81. The van der Waals surface area contributed by atoms with Crippen LogP contribution in [0.3, 0.4) is 0 Å². The molecule has 0 heterocycles. The number of amides is 1. The number of phenolic OH excluding ortho intramolecular Hbond substituents is 1. The van der Waals surface area contributed by atoms with E-state index >= 15 is 0 Å². The minimum absolute atomic E-state index is 0.0233. The fraction of sp³-hybridized carbons (Fsp3) is 0.519. The molecule has 1 aromatic carbocycles. The second-order valence-corrected chi connectivity index (χ2v) is 11.9. The normalized spacial score (nSPS) is 27.2. The molecule has 212 valence electrons. The molecule has 7 N–H and O–H groups in total. The number of carbonyl (C=O) groups is 3. The van der Waals surface area contributed by atoms with Crippen LogP contribution in [-0.2, 0) is 22.6 Å². The molecule has 12 heteroatoms. The van der Waals surface area contributed by atoms with E-state index in [0.717, 1.165) is 0 Å². The van der Waals surface area contributed by atoms with Gasteiger partial charge in [-0.1, -0.05) is 11.6 Å². The van der Waals surface area contributed by atoms with Crippen LogP contribution in [0.5, 0.6) is 5.75 Å². The number of carbonyl (C=O) groups excluding carboxylic acids is 3. The van der Waals surface area contributed by atoms with E-state index in [1.54, 1.807) is 21.1 Å². The Morgan fingerprint density at radius 1 is 1.21 bits per heavy atom. The average molecular weight is 564 g/mol. The van der Waals surface area contributed by atoms with Crippen molar-refractivity contribution in [1.82, 2.24) is 9.80 Å². The Balaban J connectivity index is 1.87. The molecule has 0 spiro atoms. The van der Waals surface area contributed by atoms with Gasteiger partial charge >= 0.3 is 0 Å². The third-order valence-electron chi connectivity index (χ3n) is 8.56. The van der Waals surface area contributed by atoms with Crippen LogP contribution in [0.4, 0.5) is 0 Å². The number of benzene rings is 1. The number of halogens is 1. The Bertz CT molecular complexity index is 1350. The van der Waals surface area contributed by atoms with Gasteiger partial charge in [-0.2, -0.15) is 0 Å². The molecule has 0 bridgehead atoms. The van der Waals surface area contributed by atoms with E-state index in [1.165, 1.54) is 11.0 Å². The van der Waals surface area contributed by atoms with E-state index in [1.807, 2.05) is 18.7 Å². The summed E-state index contributed by atoms with van der Waals surface area (Å²) >= 11 is 6.77. The van der Waals surface area contributed by atoms with Crippen molar-refractivity contribution in [3.05, 3.63) is 50.4 Å². The second-order valence-electron chi connectivity index (χ2n) is 11.5. The fourth-order valence-corrected chi connectivity index (χ4v) is 6.34. The van der Waals surface area contributed by atoms with Crippen molar-refractivity contribution < 1.29 is 39.9 Å². The molecule has 0 aromatic heterocycles. The number of Topliss-reactive ketones (excluding diaryl/α,β-unsaturated/α-hetero) is 2. The number of phenols is 1. The number of rotatable bonds is 6. The molecule has 1 aromatic rings. The summed E-state index contributed by atoms with van der Waals surface area (Å²) in [5, 5.41) is 54.7. The van der Waals surface area contributed by atoms with E-state index < -0.39 is 63.6 Å². The minimum Gasteiger partial charge on any atom is -0.510 e. The first-order valence-electron chi connectivity index (χ1n) is 12.5. The number of likely N-dealkylation sites (N-methyl/N-ethyl adjacent to an activating group) is 2. The van der Waals surface area contributed by atoms with Gasteiger partial charge in [-0.3, -0.25) is 24.2 Å². The van der Waals surface area contributed by atoms with Gasteiger partial charge in [0.2, 0.25) is 5.78 Å². The number of hydrogen-bond acceptors (Lipinski definition) is 10. The van der Waals surface area contributed by atoms with Gasteiger partial charge in [-0.15, -0.1) is 0 Å². The summed E-state index contributed by atoms with van der Waals surface area (Å²) < 4.78 is 0. The largest absolute Gasteiger partial charge is 0.510 e. The smallest absolute Gasteiger partial charge is 0.255 e. The maximum absolute atomic E-state index is 13.7. The van der Waals surface area contributed by atoms with Crippen molar-refractivity contribution in [3.8, 4) is 5.75 Å². The van der Waals surface area contributed by atoms with Crippen LogP contribution in [0.25, 0.3) is 0 Å². The van der Waals surface area contributed by atoms with Gasteiger partial charge in [0, 0.05) is 28.6 Å². The topological polar surface area (TPSA) is 185 Å². The molecule has 1 unspecified atom stereocenters. The molecule has 0 saturated carbocycles. The molecular weight excluding hydrogens is 530 g/mol. The number of nitrogens with two attached hydrogens (primary N) is 1. The average Bonchev–Trinajstić information content (AvgIpc) is 2.83. The van der Waals surface area contributed by atoms with Crippen LogP contribution in [0, 0.1) is 11.8 Å². The lowest BCUT2D eigenvalue weighted by Gasteiger charge is -2.50. The molecular formula is C27H34ClN3O8. The second kappa shape index (κ2) is 9.60. The Kier molecular flexibility index (Phi) is 7.15. The van der Waals surface area contributed by atoms with Crippen molar-refractivity contribution >= 4 is 29.1 Å². The highest BCUT2D eigenvalue weighted by Crippen LogP contribution is 2.53. The van der Waals surface area contributed by atoms with E-state index in [9.17, 15) is 39.9 Å². The molecule has 0 saturated heterocycles. The zero-order chi connectivity index (χ0) is 29.4. The molecule has 3 aliphatic carbocycles. The van der Waals surface area contributed by atoms with E-state index in [0.29, 0.717) is 11.1 Å². The molecule has 3 aliphatic rings. The van der Waals surface area contributed by atoms with Gasteiger partial charge in [0.05, 0.1) is 18.2 Å². The third-order valence-corrected chi connectivity index (χ3v) is 9.03. The maximum Gasteiger partial charge on any atom is 0.255 e. The van der Waals surface area contributed by atoms with Gasteiger partial charge in [0.15, 0.2) is 11.4 Å². The standard InChI is InChI=1S/C27H34ClN3O8/c1-26(2,10-32)31(5)9-12-8-15(33)17-13(19(12)28)6-11-7-14-20(30(3)4)22(35)18(25(29)38)24(37)27(14,39)23(36)16(11)21(17)34/h8,11,14,20,32-33,35-36,39H,6-7,9-10H2,1-5H3,(H2,29,38)/t11-,14-,20-,27?/m0/s1. The van der Waals surface area contributed by atoms with Crippen LogP contribution in [0.1, 0.15) is 41.8 Å². The van der Waals surface area contributed by atoms with Gasteiger partial charge in [0.25, 0.3) is 5.91 Å². The summed E-state index contributed by atoms with van der Waals surface area (Å²) in [5.41, 5.74) is 1.71. The lowest BCUT2D eigenvalue weighted by molar-refractivity contribution is -0.148.